The Morgan fingerprint density at radius 3 is 2.75 bits per heavy atom. The molecular weight excluding hydrogens is 285 g/mol. The van der Waals surface area contributed by atoms with Gasteiger partial charge in [-0.25, -0.2) is 17.5 Å². The van der Waals surface area contributed by atoms with Crippen molar-refractivity contribution in [1.29, 1.82) is 0 Å². The lowest BCUT2D eigenvalue weighted by Gasteiger charge is -2.16. The number of halogens is 1. The van der Waals surface area contributed by atoms with Crippen molar-refractivity contribution >= 4 is 10.0 Å². The Labute approximate surface area is 116 Å². The molecule has 0 aliphatic rings. The third-order valence-electron chi connectivity index (χ3n) is 2.75. The Balaban J connectivity index is 2.29. The van der Waals surface area contributed by atoms with Gasteiger partial charge in [-0.15, -0.1) is 0 Å². The number of nitrogens with zero attached hydrogens (tertiary/aromatic N) is 1. The molecule has 1 unspecified atom stereocenters. The fourth-order valence-electron chi connectivity index (χ4n) is 1.80. The van der Waals surface area contributed by atoms with E-state index in [4.69, 9.17) is 4.74 Å². The van der Waals surface area contributed by atoms with Crippen molar-refractivity contribution in [3.05, 3.63) is 41.8 Å². The second-order valence-electron chi connectivity index (χ2n) is 4.15. The molecule has 0 bridgehead atoms. The van der Waals surface area contributed by atoms with Gasteiger partial charge in [0.25, 0.3) is 10.0 Å². The van der Waals surface area contributed by atoms with Gasteiger partial charge in [0, 0.05) is 11.6 Å². The maximum absolute atomic E-state index is 13.3. The predicted octanol–water partition coefficient (Wildman–Crippen LogP) is 1.60. The van der Waals surface area contributed by atoms with E-state index in [1.807, 2.05) is 0 Å². The van der Waals surface area contributed by atoms with Crippen molar-refractivity contribution in [3.63, 3.8) is 0 Å². The Kier molecular flexibility index (Phi) is 4.05. The van der Waals surface area contributed by atoms with Gasteiger partial charge in [-0.3, -0.25) is 5.10 Å². The molecule has 2 aromatic rings. The second-order valence-corrected chi connectivity index (χ2v) is 5.83. The molecule has 0 saturated carbocycles. The summed E-state index contributed by atoms with van der Waals surface area (Å²) in [5, 5.41) is 5.90. The van der Waals surface area contributed by atoms with E-state index in [2.05, 4.69) is 14.9 Å². The quantitative estimate of drug-likeness (QED) is 0.878. The standard InChI is InChI=1S/C12H14FN3O3S/c1-8(10-7-9(13)3-4-11(10)19-2)16-20(17,18)12-5-6-14-15-12/h3-8,16H,1-2H3,(H,14,15). The van der Waals surface area contributed by atoms with Crippen LogP contribution in [0.15, 0.2) is 35.5 Å². The van der Waals surface area contributed by atoms with E-state index in [0.717, 1.165) is 0 Å². The molecule has 108 valence electrons. The first-order chi connectivity index (χ1) is 9.44. The van der Waals surface area contributed by atoms with Crippen LogP contribution in [0, 0.1) is 5.82 Å². The van der Waals surface area contributed by atoms with E-state index in [0.29, 0.717) is 11.3 Å². The number of aromatic amines is 1. The minimum atomic E-state index is -3.75. The van der Waals surface area contributed by atoms with Crippen molar-refractivity contribution in [1.82, 2.24) is 14.9 Å². The van der Waals surface area contributed by atoms with Crippen LogP contribution in [-0.2, 0) is 10.0 Å². The van der Waals surface area contributed by atoms with E-state index in [-0.39, 0.29) is 5.03 Å². The van der Waals surface area contributed by atoms with Crippen LogP contribution in [0.25, 0.3) is 0 Å². The highest BCUT2D eigenvalue weighted by atomic mass is 32.2. The Morgan fingerprint density at radius 2 is 2.15 bits per heavy atom. The zero-order valence-electron chi connectivity index (χ0n) is 10.9. The number of sulfonamides is 1. The molecule has 1 atom stereocenters. The van der Waals surface area contributed by atoms with Crippen LogP contribution in [0.3, 0.4) is 0 Å². The maximum Gasteiger partial charge on any atom is 0.258 e. The number of ether oxygens (including phenoxy) is 1. The van der Waals surface area contributed by atoms with Crippen molar-refractivity contribution in [2.75, 3.05) is 7.11 Å². The zero-order valence-corrected chi connectivity index (χ0v) is 11.7. The van der Waals surface area contributed by atoms with E-state index in [1.54, 1.807) is 6.92 Å². The van der Waals surface area contributed by atoms with Crippen molar-refractivity contribution in [2.24, 2.45) is 0 Å². The molecule has 0 radical (unpaired) electrons. The topological polar surface area (TPSA) is 84.1 Å². The summed E-state index contributed by atoms with van der Waals surface area (Å²) in [5.41, 5.74) is 0.413. The van der Waals surface area contributed by atoms with Gasteiger partial charge < -0.3 is 4.74 Å². The SMILES string of the molecule is COc1ccc(F)cc1C(C)NS(=O)(=O)c1ccn[nH]1. The summed E-state index contributed by atoms with van der Waals surface area (Å²) < 4.78 is 44.9. The van der Waals surface area contributed by atoms with Crippen LogP contribution in [0.5, 0.6) is 5.75 Å². The van der Waals surface area contributed by atoms with Gasteiger partial charge in [0.2, 0.25) is 0 Å². The summed E-state index contributed by atoms with van der Waals surface area (Å²) in [6.07, 6.45) is 1.34. The van der Waals surface area contributed by atoms with Gasteiger partial charge in [-0.2, -0.15) is 5.10 Å². The smallest absolute Gasteiger partial charge is 0.258 e. The molecule has 6 nitrogen and oxygen atoms in total. The van der Waals surface area contributed by atoms with Gasteiger partial charge in [0.1, 0.15) is 11.6 Å². The number of hydrogen-bond acceptors (Lipinski definition) is 4. The van der Waals surface area contributed by atoms with Gasteiger partial charge >= 0.3 is 0 Å². The fourth-order valence-corrected chi connectivity index (χ4v) is 2.93. The third-order valence-corrected chi connectivity index (χ3v) is 4.23. The van der Waals surface area contributed by atoms with Crippen molar-refractivity contribution in [2.45, 2.75) is 18.0 Å². The molecule has 20 heavy (non-hydrogen) atoms. The van der Waals surface area contributed by atoms with E-state index < -0.39 is 21.9 Å². The molecule has 0 fully saturated rings. The summed E-state index contributed by atoms with van der Waals surface area (Å²) in [4.78, 5) is 0. The summed E-state index contributed by atoms with van der Waals surface area (Å²) in [5.74, 6) is -0.0559. The third kappa shape index (κ3) is 2.97. The Morgan fingerprint density at radius 1 is 1.40 bits per heavy atom. The van der Waals surface area contributed by atoms with Crippen LogP contribution in [0.1, 0.15) is 18.5 Å². The molecule has 0 saturated heterocycles. The van der Waals surface area contributed by atoms with Crippen LogP contribution in [-0.4, -0.2) is 25.7 Å². The number of aromatic nitrogens is 2. The minimum absolute atomic E-state index is 0.0558. The molecule has 1 aromatic carbocycles. The number of methoxy groups -OCH3 is 1. The number of rotatable bonds is 5. The lowest BCUT2D eigenvalue weighted by Crippen LogP contribution is -2.27. The highest BCUT2D eigenvalue weighted by molar-refractivity contribution is 7.89. The first kappa shape index (κ1) is 14.5. The molecule has 8 heteroatoms. The molecule has 2 N–H and O–H groups in total. The summed E-state index contributed by atoms with van der Waals surface area (Å²) >= 11 is 0. The lowest BCUT2D eigenvalue weighted by molar-refractivity contribution is 0.403. The van der Waals surface area contributed by atoms with E-state index >= 15 is 0 Å². The molecule has 0 aliphatic heterocycles. The minimum Gasteiger partial charge on any atom is -0.496 e. The summed E-state index contributed by atoms with van der Waals surface area (Å²) in [6, 6.07) is 4.61. The maximum atomic E-state index is 13.3. The molecule has 1 aromatic heterocycles. The molecule has 0 aliphatic carbocycles. The average molecular weight is 299 g/mol. The number of benzene rings is 1. The highest BCUT2D eigenvalue weighted by Gasteiger charge is 2.21. The Hall–Kier alpha value is -1.93. The number of nitrogens with one attached hydrogen (secondary N) is 2. The van der Waals surface area contributed by atoms with Crippen molar-refractivity contribution in [3.8, 4) is 5.75 Å². The molecule has 0 amide bonds. The van der Waals surface area contributed by atoms with E-state index in [1.165, 1.54) is 37.6 Å². The first-order valence-electron chi connectivity index (χ1n) is 5.79. The molecule has 2 rings (SSSR count). The van der Waals surface area contributed by atoms with Gasteiger partial charge in [-0.05, 0) is 31.2 Å². The van der Waals surface area contributed by atoms with Crippen LogP contribution >= 0.6 is 0 Å². The van der Waals surface area contributed by atoms with E-state index in [9.17, 15) is 12.8 Å². The van der Waals surface area contributed by atoms with Crippen LogP contribution < -0.4 is 9.46 Å². The fraction of sp³-hybridized carbons (Fsp3) is 0.250. The van der Waals surface area contributed by atoms with Crippen LogP contribution in [0.4, 0.5) is 4.39 Å². The number of hydrogen-bond donors (Lipinski definition) is 2. The number of H-pyrrole nitrogens is 1. The van der Waals surface area contributed by atoms with Gasteiger partial charge in [-0.1, -0.05) is 0 Å². The predicted molar refractivity (Wildman–Crippen MR) is 70.3 cm³/mol. The Bertz CT molecular complexity index is 686. The van der Waals surface area contributed by atoms with Crippen LogP contribution in [0.2, 0.25) is 0 Å². The largest absolute Gasteiger partial charge is 0.496 e. The first-order valence-corrected chi connectivity index (χ1v) is 7.27. The van der Waals surface area contributed by atoms with Gasteiger partial charge in [0.15, 0.2) is 5.03 Å². The molecule has 1 heterocycles. The van der Waals surface area contributed by atoms with Crippen molar-refractivity contribution < 1.29 is 17.5 Å². The molecular formula is C12H14FN3O3S. The average Bonchev–Trinajstić information content (AvgIpc) is 2.92. The lowest BCUT2D eigenvalue weighted by atomic mass is 10.1. The molecule has 0 spiro atoms. The second kappa shape index (κ2) is 5.59. The summed E-state index contributed by atoms with van der Waals surface area (Å²) in [7, 11) is -2.31. The highest BCUT2D eigenvalue weighted by Crippen LogP contribution is 2.26. The summed E-state index contributed by atoms with van der Waals surface area (Å²) in [6.45, 7) is 1.60. The normalized spacial score (nSPS) is 13.2. The van der Waals surface area contributed by atoms with Gasteiger partial charge in [0.05, 0.1) is 13.3 Å². The zero-order chi connectivity index (χ0) is 14.8. The monoisotopic (exact) mass is 299 g/mol.